The highest BCUT2D eigenvalue weighted by molar-refractivity contribution is 6.33. The second-order valence-corrected chi connectivity index (χ2v) is 11.0. The van der Waals surface area contributed by atoms with Crippen molar-refractivity contribution in [2.45, 2.75) is 85.6 Å². The first kappa shape index (κ1) is 32.0. The van der Waals surface area contributed by atoms with Gasteiger partial charge in [-0.25, -0.2) is 0 Å². The van der Waals surface area contributed by atoms with Gasteiger partial charge in [0.1, 0.15) is 0 Å². The van der Waals surface area contributed by atoms with Gasteiger partial charge >= 0.3 is 0 Å². The Morgan fingerprint density at radius 1 is 0.846 bits per heavy atom. The highest BCUT2D eigenvalue weighted by atomic mass is 35.5. The van der Waals surface area contributed by atoms with Crippen LogP contribution in [-0.4, -0.2) is 6.54 Å². The Morgan fingerprint density at radius 2 is 1.46 bits per heavy atom. The number of hydrogen-bond donors (Lipinski definition) is 0. The highest BCUT2D eigenvalue weighted by Crippen LogP contribution is 2.36. The van der Waals surface area contributed by atoms with Gasteiger partial charge < -0.3 is 4.90 Å². The van der Waals surface area contributed by atoms with E-state index in [9.17, 15) is 0 Å². The molecule has 2 nitrogen and oxygen atoms in total. The smallest absolute Gasteiger partial charge is 0.0652 e. The lowest BCUT2D eigenvalue weighted by Gasteiger charge is -2.35. The second-order valence-electron chi connectivity index (χ2n) is 10.6. The van der Waals surface area contributed by atoms with Gasteiger partial charge in [-0.3, -0.25) is 0 Å². The van der Waals surface area contributed by atoms with Crippen LogP contribution in [0.3, 0.4) is 0 Å². The summed E-state index contributed by atoms with van der Waals surface area (Å²) in [7, 11) is 0. The van der Waals surface area contributed by atoms with Crippen molar-refractivity contribution in [2.75, 3.05) is 11.4 Å². The van der Waals surface area contributed by atoms with E-state index in [1.807, 2.05) is 26.0 Å². The minimum Gasteiger partial charge on any atom is -0.363 e. The molecule has 39 heavy (non-hydrogen) atoms. The van der Waals surface area contributed by atoms with E-state index >= 15 is 0 Å². The van der Waals surface area contributed by atoms with Gasteiger partial charge in [-0.2, -0.15) is 5.26 Å². The lowest BCUT2D eigenvalue weighted by atomic mass is 9.94. The number of unbranched alkanes of at least 4 members (excludes halogenated alkanes) is 1. The summed E-state index contributed by atoms with van der Waals surface area (Å²) in [6, 6.07) is 26.2. The Kier molecular flexibility index (Phi) is 13.7. The van der Waals surface area contributed by atoms with Crippen LogP contribution in [0.1, 0.15) is 99.6 Å². The summed E-state index contributed by atoms with van der Waals surface area (Å²) in [5.74, 6) is 3.46. The molecule has 3 heteroatoms. The van der Waals surface area contributed by atoms with E-state index < -0.39 is 0 Å². The molecule has 0 aliphatic rings. The van der Waals surface area contributed by atoms with Crippen LogP contribution in [0.4, 0.5) is 5.69 Å². The van der Waals surface area contributed by atoms with Crippen LogP contribution < -0.4 is 4.90 Å². The van der Waals surface area contributed by atoms with Crippen molar-refractivity contribution in [3.8, 4) is 18.4 Å². The zero-order valence-corrected chi connectivity index (χ0v) is 25.4. The molecule has 206 valence electrons. The monoisotopic (exact) mass is 540 g/mol. The molecule has 0 heterocycles. The molecule has 0 aliphatic carbocycles. The molecule has 0 radical (unpaired) electrons. The zero-order chi connectivity index (χ0) is 28.8. The number of nitriles is 1. The van der Waals surface area contributed by atoms with Crippen molar-refractivity contribution < 1.29 is 0 Å². The minimum atomic E-state index is 0.241. The minimum absolute atomic E-state index is 0.241. The average molecular weight is 541 g/mol. The lowest BCUT2D eigenvalue weighted by Crippen LogP contribution is -2.30. The summed E-state index contributed by atoms with van der Waals surface area (Å²) in [5.41, 5.74) is 7.26. The molecule has 2 unspecified atom stereocenters. The van der Waals surface area contributed by atoms with Crippen molar-refractivity contribution in [2.24, 2.45) is 5.92 Å². The molecule has 3 aromatic carbocycles. The van der Waals surface area contributed by atoms with E-state index in [1.54, 1.807) is 0 Å². The maximum Gasteiger partial charge on any atom is 0.0652 e. The van der Waals surface area contributed by atoms with E-state index in [0.717, 1.165) is 48.5 Å². The summed E-state index contributed by atoms with van der Waals surface area (Å²) in [6.07, 6.45) is 10.9. The van der Waals surface area contributed by atoms with Crippen LogP contribution in [0, 0.1) is 43.4 Å². The number of nitrogens with zero attached hydrogens (tertiary/aromatic N) is 2. The molecule has 0 fully saturated rings. The molecule has 0 aromatic heterocycles. The van der Waals surface area contributed by atoms with Crippen molar-refractivity contribution in [3.05, 3.63) is 99.6 Å². The van der Waals surface area contributed by atoms with E-state index in [0.29, 0.717) is 12.0 Å². The maximum absolute atomic E-state index is 8.08. The van der Waals surface area contributed by atoms with Gasteiger partial charge in [-0.15, -0.1) is 6.42 Å². The summed E-state index contributed by atoms with van der Waals surface area (Å²) in [5, 5.41) is 8.92. The van der Waals surface area contributed by atoms with Crippen LogP contribution >= 0.6 is 11.6 Å². The number of benzene rings is 3. The largest absolute Gasteiger partial charge is 0.363 e. The molecule has 3 rings (SSSR count). The molecule has 0 saturated carbocycles. The summed E-state index contributed by atoms with van der Waals surface area (Å²) in [6.45, 7) is 13.7. The molecule has 0 spiro atoms. The van der Waals surface area contributed by atoms with Crippen LogP contribution in [0.5, 0.6) is 0 Å². The first-order valence-corrected chi connectivity index (χ1v) is 14.7. The first-order chi connectivity index (χ1) is 18.7. The van der Waals surface area contributed by atoms with Crippen LogP contribution in [-0.2, 0) is 0 Å². The van der Waals surface area contributed by atoms with Crippen molar-refractivity contribution >= 4 is 17.3 Å². The average Bonchev–Trinajstić information content (AvgIpc) is 2.95. The summed E-state index contributed by atoms with van der Waals surface area (Å²) >= 11 is 6.75. The van der Waals surface area contributed by atoms with Gasteiger partial charge in [0.05, 0.1) is 22.8 Å². The number of aryl methyl sites for hydroxylation is 2. The third-order valence-electron chi connectivity index (χ3n) is 7.40. The Balaban J connectivity index is 0.000000798. The summed E-state index contributed by atoms with van der Waals surface area (Å²) < 4.78 is 0. The summed E-state index contributed by atoms with van der Waals surface area (Å²) in [4.78, 5) is 2.51. The predicted octanol–water partition coefficient (Wildman–Crippen LogP) is 10.4. The predicted molar refractivity (Wildman–Crippen MR) is 169 cm³/mol. The van der Waals surface area contributed by atoms with Crippen molar-refractivity contribution in [1.82, 2.24) is 0 Å². The molecule has 0 aliphatic heterocycles. The van der Waals surface area contributed by atoms with Crippen molar-refractivity contribution in [3.63, 3.8) is 0 Å². The molecular formula is C36H45ClN2. The molecule has 3 aromatic rings. The number of anilines is 1. The SMILES string of the molecule is C#Cc1ccc(C(C)CCCCN(c2ccc(C)cc2Cl)[C@@H](CC)c2ccc(C)cc2)cc1.CCC(C)C#N. The fraction of sp³-hybridized carbons (Fsp3) is 0.417. The number of terminal acetylenes is 1. The Hall–Kier alpha value is -3.20. The fourth-order valence-electron chi connectivity index (χ4n) is 4.61. The maximum atomic E-state index is 8.08. The van der Waals surface area contributed by atoms with E-state index in [1.165, 1.54) is 28.7 Å². The molecule has 3 atom stereocenters. The third-order valence-corrected chi connectivity index (χ3v) is 7.71. The van der Waals surface area contributed by atoms with Crippen LogP contribution in [0.2, 0.25) is 5.02 Å². The van der Waals surface area contributed by atoms with Gasteiger partial charge in [0.2, 0.25) is 0 Å². The van der Waals surface area contributed by atoms with Gasteiger partial charge in [0, 0.05) is 18.0 Å². The lowest BCUT2D eigenvalue weighted by molar-refractivity contribution is 0.550. The normalized spacial score (nSPS) is 12.7. The Labute approximate surface area is 243 Å². The molecule has 0 saturated heterocycles. The standard InChI is InChI=1S/C31H36ClN.C5H9N/c1-6-26-14-18-27(19-15-26)25(5)10-8-9-21-33(31-20-13-24(4)22-29(31)32)30(7-2)28-16-11-23(3)12-17-28;1-3-5(2)4-6/h1,11-20,22,25,30H,7-10,21H2,2-5H3;5H,3H2,1-2H3/t25?,30-;/m0./s1. The number of halogens is 1. The van der Waals surface area contributed by atoms with E-state index in [4.69, 9.17) is 23.3 Å². The van der Waals surface area contributed by atoms with E-state index in [-0.39, 0.29) is 5.92 Å². The fourth-order valence-corrected chi connectivity index (χ4v) is 4.96. The highest BCUT2D eigenvalue weighted by Gasteiger charge is 2.21. The Bertz CT molecular complexity index is 1210. The first-order valence-electron chi connectivity index (χ1n) is 14.3. The molecule has 0 amide bonds. The number of rotatable bonds is 11. The topological polar surface area (TPSA) is 27.0 Å². The molecule has 0 N–H and O–H groups in total. The van der Waals surface area contributed by atoms with Gasteiger partial charge in [0.25, 0.3) is 0 Å². The van der Waals surface area contributed by atoms with Gasteiger partial charge in [0.15, 0.2) is 0 Å². The van der Waals surface area contributed by atoms with Gasteiger partial charge in [-0.1, -0.05) is 92.7 Å². The second kappa shape index (κ2) is 16.7. The van der Waals surface area contributed by atoms with E-state index in [2.05, 4.69) is 99.2 Å². The Morgan fingerprint density at radius 3 is 1.97 bits per heavy atom. The molecular weight excluding hydrogens is 496 g/mol. The quantitative estimate of drug-likeness (QED) is 0.178. The van der Waals surface area contributed by atoms with Gasteiger partial charge in [-0.05, 0) is 93.3 Å². The number of hydrogen-bond acceptors (Lipinski definition) is 2. The van der Waals surface area contributed by atoms with Crippen LogP contribution in [0.15, 0.2) is 66.7 Å². The van der Waals surface area contributed by atoms with Crippen LogP contribution in [0.25, 0.3) is 0 Å². The van der Waals surface area contributed by atoms with Crippen molar-refractivity contribution in [1.29, 1.82) is 5.26 Å². The zero-order valence-electron chi connectivity index (χ0n) is 24.7. The molecule has 0 bridgehead atoms. The third kappa shape index (κ3) is 10.1.